The molecule has 1 amide bonds. The second kappa shape index (κ2) is 8.95. The Morgan fingerprint density at radius 1 is 1.00 bits per heavy atom. The third kappa shape index (κ3) is 4.27. The normalized spacial score (nSPS) is 10.9. The molecule has 4 rings (SSSR count). The third-order valence-electron chi connectivity index (χ3n) is 5.20. The standard InChI is InChI=1S/C24H23N3O5S/c1-14-9-15(2)11-16(10-14)27-23(29)22-19(7-8-33-22)26(24(27)30)13-21(28)25-18-12-17(31-3)5-6-20(18)32-4/h5-12H,13H2,1-4H3,(H,25,28). The largest absolute Gasteiger partial charge is 0.497 e. The fourth-order valence-corrected chi connectivity index (χ4v) is 4.62. The molecule has 0 atom stereocenters. The molecule has 0 bridgehead atoms. The number of carbonyl (C=O) groups excluding carboxylic acids is 1. The van der Waals surface area contributed by atoms with Crippen molar-refractivity contribution in [3.05, 3.63) is 79.8 Å². The second-order valence-corrected chi connectivity index (χ2v) is 8.52. The monoisotopic (exact) mass is 465 g/mol. The fourth-order valence-electron chi connectivity index (χ4n) is 3.79. The van der Waals surface area contributed by atoms with Crippen molar-refractivity contribution in [3.8, 4) is 17.2 Å². The minimum absolute atomic E-state index is 0.280. The van der Waals surface area contributed by atoms with E-state index >= 15 is 0 Å². The number of nitrogens with zero attached hydrogens (tertiary/aromatic N) is 2. The van der Waals surface area contributed by atoms with Gasteiger partial charge in [-0.15, -0.1) is 11.3 Å². The van der Waals surface area contributed by atoms with E-state index in [-0.39, 0.29) is 6.54 Å². The quantitative estimate of drug-likeness (QED) is 0.471. The number of carbonyl (C=O) groups is 1. The molecule has 0 aliphatic rings. The van der Waals surface area contributed by atoms with Crippen LogP contribution in [0.5, 0.6) is 11.5 Å². The molecule has 0 saturated heterocycles. The van der Waals surface area contributed by atoms with Crippen LogP contribution in [-0.2, 0) is 11.3 Å². The van der Waals surface area contributed by atoms with Crippen LogP contribution in [0.2, 0.25) is 0 Å². The molecule has 1 N–H and O–H groups in total. The van der Waals surface area contributed by atoms with Crippen molar-refractivity contribution in [2.45, 2.75) is 20.4 Å². The third-order valence-corrected chi connectivity index (χ3v) is 6.09. The Morgan fingerprint density at radius 3 is 2.39 bits per heavy atom. The summed E-state index contributed by atoms with van der Waals surface area (Å²) >= 11 is 1.23. The predicted octanol–water partition coefficient (Wildman–Crippen LogP) is 3.49. The molecular formula is C24H23N3O5S. The first-order valence-corrected chi connectivity index (χ1v) is 11.0. The van der Waals surface area contributed by atoms with Crippen LogP contribution in [0.25, 0.3) is 15.9 Å². The zero-order valence-electron chi connectivity index (χ0n) is 18.7. The Kier molecular flexibility index (Phi) is 6.06. The lowest BCUT2D eigenvalue weighted by atomic mass is 10.1. The lowest BCUT2D eigenvalue weighted by Crippen LogP contribution is -2.40. The van der Waals surface area contributed by atoms with Gasteiger partial charge in [-0.05, 0) is 60.7 Å². The summed E-state index contributed by atoms with van der Waals surface area (Å²) in [6, 6.07) is 12.2. The molecular weight excluding hydrogens is 442 g/mol. The first-order valence-electron chi connectivity index (χ1n) is 10.2. The SMILES string of the molecule is COc1ccc(OC)c(NC(=O)Cn2c(=O)n(-c3cc(C)cc(C)c3)c(=O)c3sccc32)c1. The Labute approximate surface area is 193 Å². The molecule has 9 heteroatoms. The summed E-state index contributed by atoms with van der Waals surface area (Å²) in [6.07, 6.45) is 0. The Morgan fingerprint density at radius 2 is 1.73 bits per heavy atom. The Balaban J connectivity index is 1.79. The fraction of sp³-hybridized carbons (Fsp3) is 0.208. The summed E-state index contributed by atoms with van der Waals surface area (Å²) in [4.78, 5) is 39.5. The van der Waals surface area contributed by atoms with E-state index in [2.05, 4.69) is 5.32 Å². The Bertz CT molecular complexity index is 1460. The van der Waals surface area contributed by atoms with E-state index in [1.807, 2.05) is 19.9 Å². The van der Waals surface area contributed by atoms with E-state index in [1.165, 1.54) is 30.1 Å². The zero-order chi connectivity index (χ0) is 23.7. The number of amides is 1. The maximum absolute atomic E-state index is 13.4. The molecule has 0 fully saturated rings. The van der Waals surface area contributed by atoms with E-state index < -0.39 is 17.2 Å². The van der Waals surface area contributed by atoms with E-state index in [0.717, 1.165) is 15.7 Å². The maximum atomic E-state index is 13.4. The van der Waals surface area contributed by atoms with Gasteiger partial charge >= 0.3 is 5.69 Å². The van der Waals surface area contributed by atoms with Gasteiger partial charge in [0.2, 0.25) is 5.91 Å². The number of hydrogen-bond acceptors (Lipinski definition) is 6. The van der Waals surface area contributed by atoms with Crippen molar-refractivity contribution < 1.29 is 14.3 Å². The molecule has 2 heterocycles. The molecule has 0 aliphatic carbocycles. The number of benzene rings is 2. The van der Waals surface area contributed by atoms with E-state index in [1.54, 1.807) is 41.8 Å². The van der Waals surface area contributed by atoms with Crippen molar-refractivity contribution in [3.63, 3.8) is 0 Å². The number of anilines is 1. The first-order chi connectivity index (χ1) is 15.8. The van der Waals surface area contributed by atoms with Crippen molar-refractivity contribution in [2.75, 3.05) is 19.5 Å². The molecule has 0 saturated carbocycles. The summed E-state index contributed by atoms with van der Waals surface area (Å²) in [5, 5.41) is 4.51. The van der Waals surface area contributed by atoms with Gasteiger partial charge in [-0.3, -0.25) is 14.2 Å². The lowest BCUT2D eigenvalue weighted by molar-refractivity contribution is -0.116. The van der Waals surface area contributed by atoms with E-state index in [4.69, 9.17) is 9.47 Å². The molecule has 170 valence electrons. The number of methoxy groups -OCH3 is 2. The summed E-state index contributed by atoms with van der Waals surface area (Å²) in [5.74, 6) is 0.561. The number of ether oxygens (including phenoxy) is 2. The van der Waals surface area contributed by atoms with Crippen LogP contribution in [-0.4, -0.2) is 29.3 Å². The number of thiophene rings is 1. The zero-order valence-corrected chi connectivity index (χ0v) is 19.5. The van der Waals surface area contributed by atoms with Gasteiger partial charge in [0, 0.05) is 6.07 Å². The minimum Gasteiger partial charge on any atom is -0.497 e. The van der Waals surface area contributed by atoms with Gasteiger partial charge in [0.05, 0.1) is 31.1 Å². The number of rotatable bonds is 6. The van der Waals surface area contributed by atoms with Gasteiger partial charge in [-0.1, -0.05) is 6.07 Å². The van der Waals surface area contributed by atoms with Crippen LogP contribution < -0.4 is 26.0 Å². The predicted molar refractivity (Wildman–Crippen MR) is 129 cm³/mol. The van der Waals surface area contributed by atoms with Crippen LogP contribution in [0, 0.1) is 13.8 Å². The number of nitrogens with one attached hydrogen (secondary N) is 1. The van der Waals surface area contributed by atoms with Crippen LogP contribution in [0.4, 0.5) is 5.69 Å². The van der Waals surface area contributed by atoms with Crippen molar-refractivity contribution in [1.82, 2.24) is 9.13 Å². The van der Waals surface area contributed by atoms with Gasteiger partial charge in [0.15, 0.2) is 0 Å². The molecule has 4 aromatic rings. The second-order valence-electron chi connectivity index (χ2n) is 7.60. The average molecular weight is 466 g/mol. The molecule has 0 aliphatic heterocycles. The van der Waals surface area contributed by atoms with E-state index in [9.17, 15) is 14.4 Å². The Hall–Kier alpha value is -3.85. The highest BCUT2D eigenvalue weighted by molar-refractivity contribution is 7.17. The number of aromatic nitrogens is 2. The smallest absolute Gasteiger partial charge is 0.336 e. The lowest BCUT2D eigenvalue weighted by Gasteiger charge is -2.15. The molecule has 33 heavy (non-hydrogen) atoms. The number of hydrogen-bond donors (Lipinski definition) is 1. The van der Waals surface area contributed by atoms with Gasteiger partial charge < -0.3 is 14.8 Å². The molecule has 2 aromatic carbocycles. The molecule has 2 aromatic heterocycles. The number of fused-ring (bicyclic) bond motifs is 1. The van der Waals surface area contributed by atoms with Crippen molar-refractivity contribution in [1.29, 1.82) is 0 Å². The summed E-state index contributed by atoms with van der Waals surface area (Å²) in [5.41, 5.74) is 2.18. The van der Waals surface area contributed by atoms with E-state index in [0.29, 0.717) is 33.1 Å². The number of aryl methyl sites for hydroxylation is 2. The van der Waals surface area contributed by atoms with Crippen LogP contribution in [0.1, 0.15) is 11.1 Å². The summed E-state index contributed by atoms with van der Waals surface area (Å²) in [6.45, 7) is 3.52. The van der Waals surface area contributed by atoms with Crippen LogP contribution in [0.15, 0.2) is 57.4 Å². The van der Waals surface area contributed by atoms with Crippen LogP contribution >= 0.6 is 11.3 Å². The van der Waals surface area contributed by atoms with Gasteiger partial charge in [0.1, 0.15) is 22.7 Å². The highest BCUT2D eigenvalue weighted by atomic mass is 32.1. The van der Waals surface area contributed by atoms with Crippen LogP contribution in [0.3, 0.4) is 0 Å². The van der Waals surface area contributed by atoms with Crippen molar-refractivity contribution >= 4 is 33.1 Å². The van der Waals surface area contributed by atoms with Gasteiger partial charge in [-0.2, -0.15) is 0 Å². The van der Waals surface area contributed by atoms with Gasteiger partial charge in [-0.25, -0.2) is 9.36 Å². The summed E-state index contributed by atoms with van der Waals surface area (Å²) in [7, 11) is 3.02. The van der Waals surface area contributed by atoms with Gasteiger partial charge in [0.25, 0.3) is 5.56 Å². The average Bonchev–Trinajstić information content (AvgIpc) is 3.26. The summed E-state index contributed by atoms with van der Waals surface area (Å²) < 4.78 is 13.4. The highest BCUT2D eigenvalue weighted by Gasteiger charge is 2.19. The molecule has 0 unspecified atom stereocenters. The molecule has 0 radical (unpaired) electrons. The minimum atomic E-state index is -0.580. The highest BCUT2D eigenvalue weighted by Crippen LogP contribution is 2.29. The molecule has 0 spiro atoms. The maximum Gasteiger partial charge on any atom is 0.336 e. The molecule has 8 nitrogen and oxygen atoms in total. The topological polar surface area (TPSA) is 91.6 Å². The van der Waals surface area contributed by atoms with Crippen molar-refractivity contribution in [2.24, 2.45) is 0 Å². The first kappa shape index (κ1) is 22.3.